The summed E-state index contributed by atoms with van der Waals surface area (Å²) in [6, 6.07) is 11.6. The normalized spacial score (nSPS) is 43.6. The molecule has 0 saturated heterocycles. The van der Waals surface area contributed by atoms with Gasteiger partial charge in [0.2, 0.25) is 0 Å². The number of nitrogens with one attached hydrogen (secondary N) is 1. The Hall–Kier alpha value is -0.340. The predicted molar refractivity (Wildman–Crippen MR) is 82.3 cm³/mol. The average molecular weight is 320 g/mol. The molecule has 0 heterocycles. The van der Waals surface area contributed by atoms with Crippen molar-refractivity contribution < 1.29 is 0 Å². The van der Waals surface area contributed by atoms with Crippen molar-refractivity contribution in [3.63, 3.8) is 0 Å². The van der Waals surface area contributed by atoms with Crippen LogP contribution in [0.25, 0.3) is 0 Å². The average Bonchev–Trinajstić information content (AvgIpc) is 2.37. The molecule has 4 bridgehead atoms. The van der Waals surface area contributed by atoms with Crippen LogP contribution in [0.1, 0.15) is 37.7 Å². The predicted octanol–water partition coefficient (Wildman–Crippen LogP) is 4.12. The smallest absolute Gasteiger partial charge is 0.0267 e. The molecule has 1 aromatic carbocycles. The van der Waals surface area contributed by atoms with Crippen LogP contribution in [0.15, 0.2) is 30.3 Å². The summed E-state index contributed by atoms with van der Waals surface area (Å²) in [7, 11) is 0. The lowest BCUT2D eigenvalue weighted by molar-refractivity contribution is 0.00435. The highest BCUT2D eigenvalue weighted by Gasteiger charge is 2.54. The molecule has 102 valence electrons. The van der Waals surface area contributed by atoms with E-state index in [-0.39, 0.29) is 0 Å². The first-order chi connectivity index (χ1) is 9.22. The van der Waals surface area contributed by atoms with E-state index in [1.165, 1.54) is 37.7 Å². The summed E-state index contributed by atoms with van der Waals surface area (Å²) in [5, 5.41) is 3.88. The van der Waals surface area contributed by atoms with Gasteiger partial charge in [0.1, 0.15) is 0 Å². The molecule has 2 heteroatoms. The first kappa shape index (κ1) is 12.4. The number of benzene rings is 1. The molecule has 0 aromatic heterocycles. The summed E-state index contributed by atoms with van der Waals surface area (Å²) in [6.45, 7) is 1.04. The van der Waals surface area contributed by atoms with Gasteiger partial charge in [-0.15, -0.1) is 0 Å². The van der Waals surface area contributed by atoms with Crippen molar-refractivity contribution in [1.29, 1.82) is 0 Å². The van der Waals surface area contributed by atoms with Crippen LogP contribution in [0.2, 0.25) is 0 Å². The molecule has 4 aliphatic rings. The molecule has 5 rings (SSSR count). The van der Waals surface area contributed by atoms with Gasteiger partial charge in [0.25, 0.3) is 0 Å². The maximum Gasteiger partial charge on any atom is 0.0267 e. The third kappa shape index (κ3) is 2.27. The number of alkyl halides is 1. The standard InChI is InChI=1S/C17H22BrN/c18-17-8-13-6-14(9-17)16(15(7-13)10-17)19-11-12-4-2-1-3-5-12/h1-5,13-16,19H,6-11H2. The van der Waals surface area contributed by atoms with E-state index in [9.17, 15) is 0 Å². The Labute approximate surface area is 124 Å². The fraction of sp³-hybridized carbons (Fsp3) is 0.647. The van der Waals surface area contributed by atoms with Gasteiger partial charge in [-0.2, -0.15) is 0 Å². The van der Waals surface area contributed by atoms with E-state index >= 15 is 0 Å². The van der Waals surface area contributed by atoms with Crippen molar-refractivity contribution in [2.45, 2.75) is 49.0 Å². The van der Waals surface area contributed by atoms with Gasteiger partial charge in [0.15, 0.2) is 0 Å². The molecule has 4 saturated carbocycles. The first-order valence-corrected chi connectivity index (χ1v) is 8.47. The SMILES string of the molecule is BrC12CC3CC(C1)C(NCc1ccccc1)C(C3)C2. The van der Waals surface area contributed by atoms with Gasteiger partial charge in [-0.3, -0.25) is 0 Å². The topological polar surface area (TPSA) is 12.0 Å². The largest absolute Gasteiger partial charge is 0.309 e. The van der Waals surface area contributed by atoms with Crippen molar-refractivity contribution in [1.82, 2.24) is 5.32 Å². The zero-order valence-electron chi connectivity index (χ0n) is 11.3. The summed E-state index contributed by atoms with van der Waals surface area (Å²) in [4.78, 5) is 0. The Kier molecular flexibility index (Phi) is 3.00. The van der Waals surface area contributed by atoms with Crippen molar-refractivity contribution in [3.8, 4) is 0 Å². The molecular weight excluding hydrogens is 298 g/mol. The van der Waals surface area contributed by atoms with Gasteiger partial charge in [-0.1, -0.05) is 46.3 Å². The van der Waals surface area contributed by atoms with Crippen molar-refractivity contribution in [2.75, 3.05) is 0 Å². The quantitative estimate of drug-likeness (QED) is 0.826. The van der Waals surface area contributed by atoms with Crippen LogP contribution in [-0.4, -0.2) is 10.4 Å². The van der Waals surface area contributed by atoms with Crippen molar-refractivity contribution in [2.24, 2.45) is 17.8 Å². The van der Waals surface area contributed by atoms with Gasteiger partial charge in [-0.25, -0.2) is 0 Å². The molecule has 2 unspecified atom stereocenters. The van der Waals surface area contributed by atoms with Gasteiger partial charge in [-0.05, 0) is 55.4 Å². The Morgan fingerprint density at radius 2 is 1.74 bits per heavy atom. The van der Waals surface area contributed by atoms with Gasteiger partial charge < -0.3 is 5.32 Å². The molecular formula is C17H22BrN. The third-order valence-electron chi connectivity index (χ3n) is 5.58. The molecule has 1 nitrogen and oxygen atoms in total. The minimum atomic E-state index is 0.508. The maximum atomic E-state index is 4.05. The monoisotopic (exact) mass is 319 g/mol. The maximum absolute atomic E-state index is 4.05. The molecule has 4 aliphatic carbocycles. The molecule has 0 amide bonds. The molecule has 0 spiro atoms. The number of hydrogen-bond acceptors (Lipinski definition) is 1. The summed E-state index contributed by atoms with van der Waals surface area (Å²) < 4.78 is 0.508. The highest BCUT2D eigenvalue weighted by molar-refractivity contribution is 9.10. The van der Waals surface area contributed by atoms with Crippen molar-refractivity contribution >= 4 is 15.9 Å². The van der Waals surface area contributed by atoms with Gasteiger partial charge in [0, 0.05) is 16.9 Å². The Morgan fingerprint density at radius 3 is 2.37 bits per heavy atom. The zero-order valence-corrected chi connectivity index (χ0v) is 12.9. The minimum absolute atomic E-state index is 0.508. The van der Waals surface area contributed by atoms with Crippen LogP contribution in [0.4, 0.5) is 0 Å². The lowest BCUT2D eigenvalue weighted by Crippen LogP contribution is -2.58. The second-order valence-electron chi connectivity index (χ2n) is 7.01. The van der Waals surface area contributed by atoms with E-state index in [0.29, 0.717) is 4.32 Å². The second-order valence-corrected chi connectivity index (χ2v) is 8.70. The number of hydrogen-bond donors (Lipinski definition) is 1. The van der Waals surface area contributed by atoms with Crippen molar-refractivity contribution in [3.05, 3.63) is 35.9 Å². The molecule has 2 atom stereocenters. The summed E-state index contributed by atoms with van der Waals surface area (Å²) in [5.41, 5.74) is 1.42. The van der Waals surface area contributed by atoms with E-state index in [0.717, 1.165) is 30.3 Å². The van der Waals surface area contributed by atoms with Crippen LogP contribution in [0.3, 0.4) is 0 Å². The molecule has 0 aliphatic heterocycles. The zero-order chi connectivity index (χ0) is 12.9. The fourth-order valence-corrected chi connectivity index (χ4v) is 6.38. The Balaban J connectivity index is 1.45. The molecule has 1 N–H and O–H groups in total. The Morgan fingerprint density at radius 1 is 1.05 bits per heavy atom. The lowest BCUT2D eigenvalue weighted by atomic mass is 9.54. The van der Waals surface area contributed by atoms with Gasteiger partial charge in [0.05, 0.1) is 0 Å². The highest BCUT2D eigenvalue weighted by Crippen LogP contribution is 2.59. The van der Waals surface area contributed by atoms with Gasteiger partial charge >= 0.3 is 0 Å². The third-order valence-corrected chi connectivity index (χ3v) is 6.55. The summed E-state index contributed by atoms with van der Waals surface area (Å²) in [5.74, 6) is 2.83. The van der Waals surface area contributed by atoms with Crippen LogP contribution in [-0.2, 0) is 6.54 Å². The van der Waals surface area contributed by atoms with Crippen LogP contribution in [0, 0.1) is 17.8 Å². The van der Waals surface area contributed by atoms with E-state index in [1.54, 1.807) is 0 Å². The number of halogens is 1. The van der Waals surface area contributed by atoms with E-state index in [1.807, 2.05) is 0 Å². The lowest BCUT2D eigenvalue weighted by Gasteiger charge is -2.58. The molecule has 1 aromatic rings. The van der Waals surface area contributed by atoms with Crippen LogP contribution in [0.5, 0.6) is 0 Å². The van der Waals surface area contributed by atoms with E-state index < -0.39 is 0 Å². The minimum Gasteiger partial charge on any atom is -0.309 e. The first-order valence-electron chi connectivity index (χ1n) is 7.68. The van der Waals surface area contributed by atoms with Crippen LogP contribution >= 0.6 is 15.9 Å². The molecule has 0 radical (unpaired) electrons. The number of rotatable bonds is 3. The fourth-order valence-electron chi connectivity index (χ4n) is 5.09. The second kappa shape index (κ2) is 4.60. The molecule has 4 fully saturated rings. The van der Waals surface area contributed by atoms with E-state index in [4.69, 9.17) is 0 Å². The van der Waals surface area contributed by atoms with E-state index in [2.05, 4.69) is 51.6 Å². The summed E-state index contributed by atoms with van der Waals surface area (Å²) in [6.07, 6.45) is 7.16. The Bertz CT molecular complexity index is 442. The molecule has 19 heavy (non-hydrogen) atoms. The summed E-state index contributed by atoms with van der Waals surface area (Å²) >= 11 is 4.05. The highest BCUT2D eigenvalue weighted by atomic mass is 79.9. The van der Waals surface area contributed by atoms with Crippen LogP contribution < -0.4 is 5.32 Å².